The zero-order chi connectivity index (χ0) is 22.1. The van der Waals surface area contributed by atoms with Crippen molar-refractivity contribution >= 4 is 28.9 Å². The summed E-state index contributed by atoms with van der Waals surface area (Å²) in [5, 5.41) is 0. The number of aryl methyl sites for hydroxylation is 1. The first-order valence-electron chi connectivity index (χ1n) is 10.1. The number of hydrogen-bond donors (Lipinski definition) is 0. The van der Waals surface area contributed by atoms with Crippen LogP contribution in [0.4, 0.5) is 21.5 Å². The fourth-order valence-corrected chi connectivity index (χ4v) is 3.81. The van der Waals surface area contributed by atoms with Crippen molar-refractivity contribution in [3.63, 3.8) is 0 Å². The first-order valence-corrected chi connectivity index (χ1v) is 10.1. The van der Waals surface area contributed by atoms with Crippen LogP contribution in [0.1, 0.15) is 17.2 Å². The van der Waals surface area contributed by atoms with Gasteiger partial charge in [0.1, 0.15) is 18.4 Å². The molecule has 1 aliphatic heterocycles. The van der Waals surface area contributed by atoms with Crippen molar-refractivity contribution < 1.29 is 14.0 Å². The van der Waals surface area contributed by atoms with Gasteiger partial charge in [-0.15, -0.1) is 0 Å². The highest BCUT2D eigenvalue weighted by Crippen LogP contribution is 2.35. The third-order valence-corrected chi connectivity index (χ3v) is 5.50. The summed E-state index contributed by atoms with van der Waals surface area (Å²) in [7, 11) is 3.87. The normalized spacial score (nSPS) is 16.6. The molecule has 5 nitrogen and oxygen atoms in total. The number of para-hydroxylation sites is 1. The van der Waals surface area contributed by atoms with Crippen molar-refractivity contribution in [3.8, 4) is 0 Å². The van der Waals surface area contributed by atoms with Crippen molar-refractivity contribution in [1.82, 2.24) is 0 Å². The average molecular weight is 417 g/mol. The van der Waals surface area contributed by atoms with Gasteiger partial charge in [0.05, 0.1) is 5.69 Å². The molecule has 3 aromatic rings. The number of amides is 2. The first-order chi connectivity index (χ1) is 14.9. The number of hydrogen-bond acceptors (Lipinski definition) is 3. The molecule has 6 heteroatoms. The third-order valence-electron chi connectivity index (χ3n) is 5.50. The molecule has 2 amide bonds. The Kier molecular flexibility index (Phi) is 5.46. The Labute approximate surface area is 181 Å². The molecule has 4 rings (SSSR count). The fourth-order valence-electron chi connectivity index (χ4n) is 3.81. The molecule has 1 saturated heterocycles. The maximum Gasteiger partial charge on any atom is 0.255 e. The molecule has 0 radical (unpaired) electrons. The molecule has 1 atom stereocenters. The lowest BCUT2D eigenvalue weighted by Crippen LogP contribution is -2.56. The van der Waals surface area contributed by atoms with E-state index in [4.69, 9.17) is 0 Å². The zero-order valence-corrected chi connectivity index (χ0v) is 17.7. The number of piperazine rings is 1. The quantitative estimate of drug-likeness (QED) is 0.635. The summed E-state index contributed by atoms with van der Waals surface area (Å²) in [5.74, 6) is -1.15. The Bertz CT molecular complexity index is 1110. The molecule has 1 fully saturated rings. The van der Waals surface area contributed by atoms with E-state index in [0.29, 0.717) is 11.3 Å². The van der Waals surface area contributed by atoms with E-state index in [0.717, 1.165) is 11.3 Å². The van der Waals surface area contributed by atoms with Crippen LogP contribution in [0.3, 0.4) is 0 Å². The molecule has 0 aromatic heterocycles. The summed E-state index contributed by atoms with van der Waals surface area (Å²) < 4.78 is 14.5. The lowest BCUT2D eigenvalue weighted by molar-refractivity contribution is -0.128. The molecule has 0 saturated carbocycles. The van der Waals surface area contributed by atoms with Crippen LogP contribution < -0.4 is 14.7 Å². The Morgan fingerprint density at radius 3 is 2.16 bits per heavy atom. The Balaban J connectivity index is 1.81. The number of carbonyl (C=O) groups excluding carboxylic acids is 2. The number of anilines is 3. The summed E-state index contributed by atoms with van der Waals surface area (Å²) in [6.45, 7) is 1.74. The Hall–Kier alpha value is -3.67. The smallest absolute Gasteiger partial charge is 0.255 e. The van der Waals surface area contributed by atoms with Crippen molar-refractivity contribution in [2.75, 3.05) is 35.3 Å². The van der Waals surface area contributed by atoms with Crippen molar-refractivity contribution in [2.45, 2.75) is 13.0 Å². The second kappa shape index (κ2) is 8.22. The molecule has 0 spiro atoms. The second-order valence-corrected chi connectivity index (χ2v) is 7.86. The molecule has 1 heterocycles. The maximum atomic E-state index is 14.5. The average Bonchev–Trinajstić information content (AvgIpc) is 2.76. The highest BCUT2D eigenvalue weighted by atomic mass is 19.1. The van der Waals surface area contributed by atoms with Gasteiger partial charge in [-0.1, -0.05) is 42.0 Å². The number of nitrogens with zero attached hydrogens (tertiary/aromatic N) is 3. The minimum absolute atomic E-state index is 0.110. The number of benzene rings is 3. The Morgan fingerprint density at radius 1 is 0.903 bits per heavy atom. The number of halogens is 1. The number of carbonyl (C=O) groups is 2. The van der Waals surface area contributed by atoms with Crippen LogP contribution in [-0.2, 0) is 9.59 Å². The van der Waals surface area contributed by atoms with E-state index < -0.39 is 11.9 Å². The van der Waals surface area contributed by atoms with E-state index in [1.165, 1.54) is 21.9 Å². The zero-order valence-electron chi connectivity index (χ0n) is 17.7. The van der Waals surface area contributed by atoms with Gasteiger partial charge in [0.25, 0.3) is 5.91 Å². The SMILES string of the molecule is Cc1ccc(N2C(=O)CN(c3ccccc3F)C(=O)[C@H]2c2ccc(N(C)C)cc2)cc1. The van der Waals surface area contributed by atoms with Crippen LogP contribution in [0, 0.1) is 12.7 Å². The molecule has 0 unspecified atom stereocenters. The highest BCUT2D eigenvalue weighted by Gasteiger charge is 2.42. The monoisotopic (exact) mass is 417 g/mol. The van der Waals surface area contributed by atoms with E-state index in [1.54, 1.807) is 12.1 Å². The van der Waals surface area contributed by atoms with Crippen LogP contribution in [0.15, 0.2) is 72.8 Å². The summed E-state index contributed by atoms with van der Waals surface area (Å²) in [6.07, 6.45) is 0. The molecule has 3 aromatic carbocycles. The molecule has 0 bridgehead atoms. The predicted octanol–water partition coefficient (Wildman–Crippen LogP) is 4.32. The fraction of sp³-hybridized carbons (Fsp3) is 0.200. The molecule has 0 aliphatic carbocycles. The standard InChI is InChI=1S/C25H24FN3O2/c1-17-8-12-20(13-9-17)29-23(30)16-28(22-7-5-4-6-21(22)26)25(31)24(29)18-10-14-19(15-11-18)27(2)3/h4-15,24H,16H2,1-3H3/t24-/m1/s1. The lowest BCUT2D eigenvalue weighted by Gasteiger charge is -2.40. The van der Waals surface area contributed by atoms with E-state index in [2.05, 4.69) is 0 Å². The minimum Gasteiger partial charge on any atom is -0.378 e. The first kappa shape index (κ1) is 20.6. The third kappa shape index (κ3) is 3.89. The molecular weight excluding hydrogens is 393 g/mol. The van der Waals surface area contributed by atoms with Gasteiger partial charge in [-0.3, -0.25) is 19.4 Å². The topological polar surface area (TPSA) is 43.9 Å². The summed E-state index contributed by atoms with van der Waals surface area (Å²) in [6, 6.07) is 20.1. The van der Waals surface area contributed by atoms with Crippen LogP contribution in [0.25, 0.3) is 0 Å². The van der Waals surface area contributed by atoms with Gasteiger partial charge in [0, 0.05) is 25.5 Å². The van der Waals surface area contributed by atoms with E-state index in [9.17, 15) is 14.0 Å². The lowest BCUT2D eigenvalue weighted by atomic mass is 9.98. The van der Waals surface area contributed by atoms with E-state index in [1.807, 2.05) is 74.4 Å². The van der Waals surface area contributed by atoms with Crippen LogP contribution in [0.5, 0.6) is 0 Å². The minimum atomic E-state index is -0.889. The van der Waals surface area contributed by atoms with Gasteiger partial charge >= 0.3 is 0 Å². The van der Waals surface area contributed by atoms with Gasteiger partial charge in [0.2, 0.25) is 5.91 Å². The van der Waals surface area contributed by atoms with Crippen LogP contribution in [-0.4, -0.2) is 32.5 Å². The van der Waals surface area contributed by atoms with Gasteiger partial charge in [-0.05, 0) is 48.9 Å². The van der Waals surface area contributed by atoms with E-state index >= 15 is 0 Å². The maximum absolute atomic E-state index is 14.5. The molecule has 1 aliphatic rings. The van der Waals surface area contributed by atoms with Crippen LogP contribution in [0.2, 0.25) is 0 Å². The molecule has 31 heavy (non-hydrogen) atoms. The van der Waals surface area contributed by atoms with Crippen LogP contribution >= 0.6 is 0 Å². The van der Waals surface area contributed by atoms with Gasteiger partial charge in [-0.2, -0.15) is 0 Å². The highest BCUT2D eigenvalue weighted by molar-refractivity contribution is 6.14. The molecular formula is C25H24FN3O2. The van der Waals surface area contributed by atoms with Crippen molar-refractivity contribution in [2.24, 2.45) is 0 Å². The number of rotatable bonds is 4. The largest absolute Gasteiger partial charge is 0.378 e. The molecule has 0 N–H and O–H groups in total. The summed E-state index contributed by atoms with van der Waals surface area (Å²) in [5.41, 5.74) is 3.45. The Morgan fingerprint density at radius 2 is 1.55 bits per heavy atom. The summed E-state index contributed by atoms with van der Waals surface area (Å²) in [4.78, 5) is 31.6. The van der Waals surface area contributed by atoms with Gasteiger partial charge < -0.3 is 4.90 Å². The summed E-state index contributed by atoms with van der Waals surface area (Å²) >= 11 is 0. The predicted molar refractivity (Wildman–Crippen MR) is 121 cm³/mol. The van der Waals surface area contributed by atoms with E-state index in [-0.39, 0.29) is 24.0 Å². The second-order valence-electron chi connectivity index (χ2n) is 7.86. The molecule has 158 valence electrons. The van der Waals surface area contributed by atoms with Crippen molar-refractivity contribution in [1.29, 1.82) is 0 Å². The van der Waals surface area contributed by atoms with Gasteiger partial charge in [-0.25, -0.2) is 4.39 Å². The van der Waals surface area contributed by atoms with Gasteiger partial charge in [0.15, 0.2) is 0 Å². The van der Waals surface area contributed by atoms with Crippen molar-refractivity contribution in [3.05, 3.63) is 89.7 Å².